The molecule has 1 atom stereocenters. The van der Waals surface area contributed by atoms with Crippen LogP contribution < -0.4 is 0 Å². The molecule has 0 bridgehead atoms. The van der Waals surface area contributed by atoms with Gasteiger partial charge in [0.1, 0.15) is 23.3 Å². The lowest BCUT2D eigenvalue weighted by Crippen LogP contribution is -2.33. The molecule has 1 amide bonds. The van der Waals surface area contributed by atoms with Crippen LogP contribution in [0.1, 0.15) is 62.9 Å². The number of carbonyl (C=O) groups excluding carboxylic acids is 1. The number of hydrogen-bond donors (Lipinski definition) is 0. The minimum Gasteiger partial charge on any atom is -0.361 e. The zero-order valence-electron chi connectivity index (χ0n) is 17.1. The van der Waals surface area contributed by atoms with Crippen molar-refractivity contribution in [3.05, 3.63) is 47.6 Å². The molecule has 0 aliphatic heterocycles. The van der Waals surface area contributed by atoms with E-state index in [4.69, 9.17) is 9.51 Å². The lowest BCUT2D eigenvalue weighted by molar-refractivity contribution is -0.133. The molecule has 2 aromatic heterocycles. The van der Waals surface area contributed by atoms with Crippen molar-refractivity contribution in [1.82, 2.24) is 19.6 Å². The first-order chi connectivity index (χ1) is 13.4. The van der Waals surface area contributed by atoms with E-state index in [1.54, 1.807) is 4.90 Å². The summed E-state index contributed by atoms with van der Waals surface area (Å²) in [5.74, 6) is 2.94. The molecular weight excluding hydrogens is 352 g/mol. The Kier molecular flexibility index (Phi) is 4.96. The number of para-hydroxylation sites is 2. The normalized spacial score (nSPS) is 15.3. The van der Waals surface area contributed by atoms with E-state index in [1.807, 2.05) is 44.3 Å². The molecule has 0 unspecified atom stereocenters. The topological polar surface area (TPSA) is 64.2 Å². The summed E-state index contributed by atoms with van der Waals surface area (Å²) in [7, 11) is 1.82. The van der Waals surface area contributed by atoms with Crippen LogP contribution in [0.5, 0.6) is 0 Å². The molecule has 6 heteroatoms. The van der Waals surface area contributed by atoms with Crippen molar-refractivity contribution in [3.8, 4) is 0 Å². The lowest BCUT2D eigenvalue weighted by atomic mass is 10.1. The molecule has 2 heterocycles. The van der Waals surface area contributed by atoms with Crippen molar-refractivity contribution in [2.75, 3.05) is 7.05 Å². The maximum absolute atomic E-state index is 13.2. The van der Waals surface area contributed by atoms with E-state index < -0.39 is 0 Å². The highest BCUT2D eigenvalue weighted by atomic mass is 16.5. The SMILES string of the molecule is CC(C)Cc1nc2ccccc2n1[C@H](C)C(=O)N(C)Cc1cc(C2CC2)on1. The highest BCUT2D eigenvalue weighted by Gasteiger charge is 2.29. The van der Waals surface area contributed by atoms with Gasteiger partial charge in [-0.3, -0.25) is 4.79 Å². The number of amides is 1. The third kappa shape index (κ3) is 3.68. The summed E-state index contributed by atoms with van der Waals surface area (Å²) in [6.07, 6.45) is 3.18. The van der Waals surface area contributed by atoms with Gasteiger partial charge in [0.2, 0.25) is 5.91 Å². The molecule has 0 saturated heterocycles. The predicted octanol–water partition coefficient (Wildman–Crippen LogP) is 4.32. The first kappa shape index (κ1) is 18.7. The number of nitrogens with zero attached hydrogens (tertiary/aromatic N) is 4. The van der Waals surface area contributed by atoms with Gasteiger partial charge in [-0.05, 0) is 37.8 Å². The van der Waals surface area contributed by atoms with Crippen LogP contribution in [0.4, 0.5) is 0 Å². The summed E-state index contributed by atoms with van der Waals surface area (Å²) in [6, 6.07) is 9.68. The Morgan fingerprint density at radius 1 is 1.29 bits per heavy atom. The van der Waals surface area contributed by atoms with Crippen LogP contribution >= 0.6 is 0 Å². The standard InChI is InChI=1S/C22H28N4O2/c1-14(2)11-21-23-18-7-5-6-8-19(18)26(21)15(3)22(27)25(4)13-17-12-20(28-24-17)16-9-10-16/h5-8,12,14-16H,9-11,13H2,1-4H3/t15-/m1/s1. The predicted molar refractivity (Wildman–Crippen MR) is 108 cm³/mol. The molecule has 0 spiro atoms. The van der Waals surface area contributed by atoms with E-state index in [0.717, 1.165) is 34.7 Å². The van der Waals surface area contributed by atoms with Crippen LogP contribution in [0, 0.1) is 5.92 Å². The Morgan fingerprint density at radius 2 is 2.04 bits per heavy atom. The minimum atomic E-state index is -0.332. The Bertz CT molecular complexity index is 984. The number of carbonyl (C=O) groups is 1. The fourth-order valence-corrected chi connectivity index (χ4v) is 3.75. The second-order valence-corrected chi connectivity index (χ2v) is 8.35. The molecule has 3 aromatic rings. The third-order valence-electron chi connectivity index (χ3n) is 5.34. The first-order valence-electron chi connectivity index (χ1n) is 10.1. The summed E-state index contributed by atoms with van der Waals surface area (Å²) in [5, 5.41) is 4.14. The maximum Gasteiger partial charge on any atom is 0.245 e. The van der Waals surface area contributed by atoms with Gasteiger partial charge in [-0.25, -0.2) is 4.98 Å². The van der Waals surface area contributed by atoms with Crippen molar-refractivity contribution in [2.24, 2.45) is 5.92 Å². The van der Waals surface area contributed by atoms with Crippen LogP contribution in [0.25, 0.3) is 11.0 Å². The van der Waals surface area contributed by atoms with E-state index >= 15 is 0 Å². The second kappa shape index (κ2) is 7.41. The van der Waals surface area contributed by atoms with E-state index in [2.05, 4.69) is 23.6 Å². The molecule has 1 aromatic carbocycles. The van der Waals surface area contributed by atoms with Crippen molar-refractivity contribution < 1.29 is 9.32 Å². The van der Waals surface area contributed by atoms with E-state index in [0.29, 0.717) is 18.4 Å². The van der Waals surface area contributed by atoms with Crippen LogP contribution in [-0.4, -0.2) is 32.6 Å². The molecule has 6 nitrogen and oxygen atoms in total. The minimum absolute atomic E-state index is 0.0455. The molecule has 1 aliphatic carbocycles. The summed E-state index contributed by atoms with van der Waals surface area (Å²) >= 11 is 0. The summed E-state index contributed by atoms with van der Waals surface area (Å²) < 4.78 is 7.51. The zero-order valence-corrected chi connectivity index (χ0v) is 17.1. The highest BCUT2D eigenvalue weighted by Crippen LogP contribution is 2.40. The smallest absolute Gasteiger partial charge is 0.245 e. The molecule has 1 aliphatic rings. The Hall–Kier alpha value is -2.63. The number of aromatic nitrogens is 3. The number of fused-ring (bicyclic) bond motifs is 1. The second-order valence-electron chi connectivity index (χ2n) is 8.35. The zero-order chi connectivity index (χ0) is 19.8. The van der Waals surface area contributed by atoms with Gasteiger partial charge in [0.25, 0.3) is 0 Å². The van der Waals surface area contributed by atoms with E-state index in [9.17, 15) is 4.79 Å². The first-order valence-corrected chi connectivity index (χ1v) is 10.1. The summed E-state index contributed by atoms with van der Waals surface area (Å²) in [5.41, 5.74) is 2.75. The molecular formula is C22H28N4O2. The van der Waals surface area contributed by atoms with Crippen LogP contribution in [0.2, 0.25) is 0 Å². The summed E-state index contributed by atoms with van der Waals surface area (Å²) in [4.78, 5) is 19.7. The lowest BCUT2D eigenvalue weighted by Gasteiger charge is -2.23. The van der Waals surface area contributed by atoms with Gasteiger partial charge >= 0.3 is 0 Å². The fraction of sp³-hybridized carbons (Fsp3) is 0.500. The average Bonchev–Trinajstić information content (AvgIpc) is 3.30. The largest absolute Gasteiger partial charge is 0.361 e. The quantitative estimate of drug-likeness (QED) is 0.612. The van der Waals surface area contributed by atoms with Crippen molar-refractivity contribution in [1.29, 1.82) is 0 Å². The van der Waals surface area contributed by atoms with Crippen molar-refractivity contribution >= 4 is 16.9 Å². The van der Waals surface area contributed by atoms with Crippen molar-refractivity contribution in [3.63, 3.8) is 0 Å². The van der Waals surface area contributed by atoms with Gasteiger partial charge in [-0.2, -0.15) is 0 Å². The van der Waals surface area contributed by atoms with Crippen LogP contribution in [-0.2, 0) is 17.8 Å². The Morgan fingerprint density at radius 3 is 2.75 bits per heavy atom. The molecule has 0 N–H and O–H groups in total. The van der Waals surface area contributed by atoms with Gasteiger partial charge in [-0.1, -0.05) is 31.1 Å². The van der Waals surface area contributed by atoms with Crippen molar-refractivity contribution in [2.45, 2.75) is 58.5 Å². The Balaban J connectivity index is 1.56. The van der Waals surface area contributed by atoms with Crippen LogP contribution in [0.3, 0.4) is 0 Å². The van der Waals surface area contributed by atoms with E-state index in [1.165, 1.54) is 12.8 Å². The van der Waals surface area contributed by atoms with Gasteiger partial charge in [0.15, 0.2) is 0 Å². The molecule has 0 radical (unpaired) electrons. The molecule has 1 fully saturated rings. The van der Waals surface area contributed by atoms with Crippen LogP contribution in [0.15, 0.2) is 34.9 Å². The van der Waals surface area contributed by atoms with E-state index in [-0.39, 0.29) is 11.9 Å². The Labute approximate surface area is 165 Å². The molecule has 148 valence electrons. The number of imidazole rings is 1. The average molecular weight is 380 g/mol. The maximum atomic E-state index is 13.2. The number of benzene rings is 1. The van der Waals surface area contributed by atoms with Gasteiger partial charge in [-0.15, -0.1) is 0 Å². The number of rotatable bonds is 7. The molecule has 4 rings (SSSR count). The highest BCUT2D eigenvalue weighted by molar-refractivity contribution is 5.84. The number of likely N-dealkylation sites (N-methyl/N-ethyl adjacent to an activating group) is 1. The monoisotopic (exact) mass is 380 g/mol. The third-order valence-corrected chi connectivity index (χ3v) is 5.34. The van der Waals surface area contributed by atoms with Gasteiger partial charge in [0.05, 0.1) is 17.6 Å². The number of hydrogen-bond acceptors (Lipinski definition) is 4. The molecule has 1 saturated carbocycles. The van der Waals surface area contributed by atoms with Gasteiger partial charge < -0.3 is 14.0 Å². The van der Waals surface area contributed by atoms with Gasteiger partial charge in [0, 0.05) is 25.5 Å². The molecule has 28 heavy (non-hydrogen) atoms. The summed E-state index contributed by atoms with van der Waals surface area (Å²) in [6.45, 7) is 6.75. The fourth-order valence-electron chi connectivity index (χ4n) is 3.75.